The predicted molar refractivity (Wildman–Crippen MR) is 125 cm³/mol. The predicted octanol–water partition coefficient (Wildman–Crippen LogP) is 4.35. The van der Waals surface area contributed by atoms with E-state index in [0.29, 0.717) is 28.2 Å². The molecule has 1 unspecified atom stereocenters. The van der Waals surface area contributed by atoms with E-state index in [1.165, 1.54) is 0 Å². The minimum absolute atomic E-state index is 0.0978. The van der Waals surface area contributed by atoms with Crippen LogP contribution in [0.5, 0.6) is 0 Å². The van der Waals surface area contributed by atoms with Crippen molar-refractivity contribution in [3.8, 4) is 11.3 Å². The average Bonchev–Trinajstić information content (AvgIpc) is 3.54. The maximum atomic E-state index is 6.91. The average molecular weight is 435 g/mol. The number of nitrogen functional groups attached to an aromatic ring is 1. The SMILES string of the molecule is Nc1ncc(C2C=NN(C3CCNCC3)C2)c2c(Cl)c(-c3ccc4[nH]ccc4c3)oc12. The normalized spacial score (nSPS) is 19.8. The van der Waals surface area contributed by atoms with Crippen molar-refractivity contribution in [1.29, 1.82) is 0 Å². The van der Waals surface area contributed by atoms with Gasteiger partial charge in [-0.2, -0.15) is 5.10 Å². The van der Waals surface area contributed by atoms with Crippen LogP contribution >= 0.6 is 11.6 Å². The zero-order chi connectivity index (χ0) is 20.9. The molecule has 0 aliphatic carbocycles. The fourth-order valence-electron chi connectivity index (χ4n) is 4.76. The summed E-state index contributed by atoms with van der Waals surface area (Å²) in [6.07, 6.45) is 7.96. The standard InChI is InChI=1S/C23H23ClN6O/c24-20-19-17(15-10-29-30(12-15)16-4-6-26-7-5-16)11-28-23(25)22(19)31-21(20)14-1-2-18-13(9-14)3-8-27-18/h1-3,8-11,15-16,26-27H,4-7,12H2,(H2,25,28). The van der Waals surface area contributed by atoms with Gasteiger partial charge in [0, 0.05) is 59.0 Å². The molecule has 5 heterocycles. The molecule has 0 spiro atoms. The third-order valence-corrected chi connectivity index (χ3v) is 6.80. The Morgan fingerprint density at radius 3 is 2.94 bits per heavy atom. The summed E-state index contributed by atoms with van der Waals surface area (Å²) in [6.45, 7) is 2.90. The van der Waals surface area contributed by atoms with Crippen LogP contribution in [0.15, 0.2) is 46.2 Å². The number of fused-ring (bicyclic) bond motifs is 2. The molecule has 0 saturated carbocycles. The van der Waals surface area contributed by atoms with Gasteiger partial charge in [-0.05, 0) is 55.8 Å². The van der Waals surface area contributed by atoms with Crippen LogP contribution in [0.3, 0.4) is 0 Å². The number of hydrogen-bond donors (Lipinski definition) is 3. The number of hydrogen-bond acceptors (Lipinski definition) is 6. The van der Waals surface area contributed by atoms with Crippen molar-refractivity contribution in [2.75, 3.05) is 25.4 Å². The molecule has 31 heavy (non-hydrogen) atoms. The van der Waals surface area contributed by atoms with Crippen LogP contribution in [0.4, 0.5) is 5.82 Å². The lowest BCUT2D eigenvalue weighted by atomic mass is 9.97. The van der Waals surface area contributed by atoms with Crippen molar-refractivity contribution in [1.82, 2.24) is 20.3 Å². The quantitative estimate of drug-likeness (QED) is 0.445. The number of pyridine rings is 1. The molecule has 2 aliphatic rings. The van der Waals surface area contributed by atoms with Crippen molar-refractivity contribution in [3.63, 3.8) is 0 Å². The molecule has 0 radical (unpaired) electrons. The second-order valence-corrected chi connectivity index (χ2v) is 8.68. The lowest BCUT2D eigenvalue weighted by Crippen LogP contribution is -2.40. The second kappa shape index (κ2) is 7.28. The zero-order valence-corrected chi connectivity index (χ0v) is 17.7. The molecule has 7 nitrogen and oxygen atoms in total. The first-order valence-corrected chi connectivity index (χ1v) is 11.0. The van der Waals surface area contributed by atoms with Gasteiger partial charge in [0.1, 0.15) is 0 Å². The van der Waals surface area contributed by atoms with Gasteiger partial charge in [-0.1, -0.05) is 11.6 Å². The van der Waals surface area contributed by atoms with Crippen molar-refractivity contribution in [3.05, 3.63) is 47.2 Å². The Morgan fingerprint density at radius 1 is 1.19 bits per heavy atom. The largest absolute Gasteiger partial charge is 0.451 e. The summed E-state index contributed by atoms with van der Waals surface area (Å²) in [6, 6.07) is 8.59. The number of piperidine rings is 1. The molecular weight excluding hydrogens is 412 g/mol. The van der Waals surface area contributed by atoms with E-state index in [9.17, 15) is 0 Å². The Bertz CT molecular complexity index is 1300. The molecule has 3 aromatic heterocycles. The van der Waals surface area contributed by atoms with E-state index in [1.807, 2.05) is 36.8 Å². The molecule has 1 atom stereocenters. The summed E-state index contributed by atoms with van der Waals surface area (Å²) in [5, 5.41) is 12.8. The Morgan fingerprint density at radius 2 is 2.06 bits per heavy atom. The number of halogens is 1. The van der Waals surface area contributed by atoms with E-state index in [2.05, 4.69) is 26.4 Å². The maximum absolute atomic E-state index is 6.91. The lowest BCUT2D eigenvalue weighted by molar-refractivity contribution is 0.181. The molecule has 0 bridgehead atoms. The summed E-state index contributed by atoms with van der Waals surface area (Å²) < 4.78 is 6.19. The molecule has 2 aliphatic heterocycles. The highest BCUT2D eigenvalue weighted by atomic mass is 35.5. The molecule has 6 rings (SSSR count). The lowest BCUT2D eigenvalue weighted by Gasteiger charge is -2.30. The van der Waals surface area contributed by atoms with Gasteiger partial charge in [0.15, 0.2) is 17.2 Å². The molecule has 1 fully saturated rings. The number of aromatic nitrogens is 2. The van der Waals surface area contributed by atoms with Crippen LogP contribution in [-0.2, 0) is 0 Å². The van der Waals surface area contributed by atoms with Crippen LogP contribution in [0, 0.1) is 0 Å². The van der Waals surface area contributed by atoms with E-state index >= 15 is 0 Å². The van der Waals surface area contributed by atoms with Gasteiger partial charge in [0.2, 0.25) is 0 Å². The van der Waals surface area contributed by atoms with Crippen molar-refractivity contribution < 1.29 is 4.42 Å². The molecule has 8 heteroatoms. The molecule has 0 amide bonds. The van der Waals surface area contributed by atoms with Gasteiger partial charge in [-0.25, -0.2) is 4.98 Å². The van der Waals surface area contributed by atoms with E-state index in [0.717, 1.165) is 59.9 Å². The number of nitrogens with one attached hydrogen (secondary N) is 2. The second-order valence-electron chi connectivity index (χ2n) is 8.30. The summed E-state index contributed by atoms with van der Waals surface area (Å²) in [4.78, 5) is 7.62. The maximum Gasteiger partial charge on any atom is 0.178 e. The smallest absolute Gasteiger partial charge is 0.178 e. The fourth-order valence-corrected chi connectivity index (χ4v) is 5.10. The number of furan rings is 1. The first kappa shape index (κ1) is 18.7. The van der Waals surface area contributed by atoms with E-state index in [1.54, 1.807) is 0 Å². The summed E-state index contributed by atoms with van der Waals surface area (Å²) in [5.74, 6) is 1.06. The zero-order valence-electron chi connectivity index (χ0n) is 16.9. The molecule has 158 valence electrons. The van der Waals surface area contributed by atoms with Gasteiger partial charge in [0.05, 0.1) is 5.02 Å². The summed E-state index contributed by atoms with van der Waals surface area (Å²) >= 11 is 6.91. The summed E-state index contributed by atoms with van der Waals surface area (Å²) in [5.41, 5.74) is 9.71. The molecule has 4 aromatic rings. The van der Waals surface area contributed by atoms with Gasteiger partial charge in [-0.3, -0.25) is 5.01 Å². The van der Waals surface area contributed by atoms with Gasteiger partial charge in [0.25, 0.3) is 0 Å². The first-order chi connectivity index (χ1) is 15.2. The topological polar surface area (TPSA) is 95.5 Å². The number of H-pyrrole nitrogens is 1. The van der Waals surface area contributed by atoms with Crippen LogP contribution < -0.4 is 11.1 Å². The van der Waals surface area contributed by atoms with E-state index < -0.39 is 0 Å². The highest BCUT2D eigenvalue weighted by molar-refractivity contribution is 6.38. The Balaban J connectivity index is 1.40. The summed E-state index contributed by atoms with van der Waals surface area (Å²) in [7, 11) is 0. The van der Waals surface area contributed by atoms with Gasteiger partial charge >= 0.3 is 0 Å². The monoisotopic (exact) mass is 434 g/mol. The molecule has 1 aromatic carbocycles. The number of nitrogens with two attached hydrogens (primary N) is 1. The number of benzene rings is 1. The van der Waals surface area contributed by atoms with E-state index in [-0.39, 0.29) is 5.92 Å². The van der Waals surface area contributed by atoms with E-state index in [4.69, 9.17) is 26.9 Å². The minimum Gasteiger partial charge on any atom is -0.451 e. The van der Waals surface area contributed by atoms with Gasteiger partial charge in [-0.15, -0.1) is 0 Å². The number of aromatic amines is 1. The van der Waals surface area contributed by atoms with Crippen LogP contribution in [-0.4, -0.2) is 46.9 Å². The molecular formula is C23H23ClN6O. The Labute approximate surface area is 184 Å². The third-order valence-electron chi connectivity index (χ3n) is 6.44. The van der Waals surface area contributed by atoms with Crippen molar-refractivity contribution >= 4 is 45.5 Å². The van der Waals surface area contributed by atoms with Crippen molar-refractivity contribution in [2.24, 2.45) is 5.10 Å². The van der Waals surface area contributed by atoms with Crippen molar-refractivity contribution in [2.45, 2.75) is 24.8 Å². The Kier molecular flexibility index (Phi) is 4.40. The van der Waals surface area contributed by atoms with Gasteiger partial charge < -0.3 is 20.5 Å². The number of hydrazone groups is 1. The highest BCUT2D eigenvalue weighted by Crippen LogP contribution is 2.43. The van der Waals surface area contributed by atoms with Crippen LogP contribution in [0.2, 0.25) is 5.02 Å². The molecule has 4 N–H and O–H groups in total. The number of anilines is 1. The van der Waals surface area contributed by atoms with Crippen LogP contribution in [0.25, 0.3) is 33.2 Å². The highest BCUT2D eigenvalue weighted by Gasteiger charge is 2.30. The number of rotatable bonds is 3. The molecule has 1 saturated heterocycles. The first-order valence-electron chi connectivity index (χ1n) is 10.6. The number of nitrogens with zero attached hydrogens (tertiary/aromatic N) is 3. The third kappa shape index (κ3) is 3.07. The van der Waals surface area contributed by atoms with Crippen LogP contribution in [0.1, 0.15) is 24.3 Å². The Hall–Kier alpha value is -3.03. The minimum atomic E-state index is 0.0978. The fraction of sp³-hybridized carbons (Fsp3) is 0.304.